The van der Waals surface area contributed by atoms with Gasteiger partial charge >= 0.3 is 0 Å². The van der Waals surface area contributed by atoms with Gasteiger partial charge < -0.3 is 0 Å². The largest absolute Gasteiger partial charge is 0.203 e. The van der Waals surface area contributed by atoms with E-state index in [1.807, 2.05) is 0 Å². The summed E-state index contributed by atoms with van der Waals surface area (Å²) in [6, 6.07) is 4.48. The third-order valence-corrected chi connectivity index (χ3v) is 6.68. The first-order chi connectivity index (χ1) is 22.6. The van der Waals surface area contributed by atoms with Crippen molar-refractivity contribution in [3.8, 4) is 42.7 Å². The SMILES string of the molecule is C#Cc1c(F)c(F)c(/C(C#N)=C2/C(=C(C#N)c3c(F)c(F)c(C#N)c(F)c3F)/C2=C(/C#N)c2c(F)c(F)c(C#N)c(F)c2F)c(F)c1F. The molecule has 0 heterocycles. The van der Waals surface area contributed by atoms with Gasteiger partial charge in [-0.3, -0.25) is 0 Å². The van der Waals surface area contributed by atoms with Gasteiger partial charge in [-0.1, -0.05) is 5.92 Å². The summed E-state index contributed by atoms with van der Waals surface area (Å²) < 4.78 is 178. The van der Waals surface area contributed by atoms with Crippen molar-refractivity contribution in [1.82, 2.24) is 0 Å². The minimum atomic E-state index is -2.52. The van der Waals surface area contributed by atoms with Crippen LogP contribution in [-0.2, 0) is 0 Å². The fraction of sp³-hybridized carbons (Fsp3) is 0. The third kappa shape index (κ3) is 4.58. The molecule has 0 unspecified atom stereocenters. The summed E-state index contributed by atoms with van der Waals surface area (Å²) >= 11 is 0. The minimum Gasteiger partial charge on any atom is -0.203 e. The zero-order valence-electron chi connectivity index (χ0n) is 22.3. The first-order valence-electron chi connectivity index (χ1n) is 11.9. The van der Waals surface area contributed by atoms with Crippen molar-refractivity contribution >= 4 is 16.7 Å². The molecule has 1 fully saturated rings. The van der Waals surface area contributed by atoms with E-state index in [2.05, 4.69) is 0 Å². The van der Waals surface area contributed by atoms with E-state index in [1.165, 1.54) is 5.92 Å². The number of benzene rings is 3. The Labute approximate surface area is 258 Å². The van der Waals surface area contributed by atoms with Crippen molar-refractivity contribution in [3.63, 3.8) is 0 Å². The van der Waals surface area contributed by atoms with Crippen molar-refractivity contribution < 1.29 is 52.7 Å². The van der Waals surface area contributed by atoms with Crippen LogP contribution in [0.1, 0.15) is 33.4 Å². The maximum atomic E-state index is 15.1. The lowest BCUT2D eigenvalue weighted by molar-refractivity contribution is 0.446. The summed E-state index contributed by atoms with van der Waals surface area (Å²) in [5.41, 5.74) is -21.0. The molecule has 234 valence electrons. The van der Waals surface area contributed by atoms with E-state index in [0.29, 0.717) is 0 Å². The number of hydrogen-bond acceptors (Lipinski definition) is 5. The Hall–Kier alpha value is -6.95. The van der Waals surface area contributed by atoms with Crippen LogP contribution < -0.4 is 0 Å². The summed E-state index contributed by atoms with van der Waals surface area (Å²) in [6.45, 7) is 0. The molecule has 0 atom stereocenters. The summed E-state index contributed by atoms with van der Waals surface area (Å²) in [5.74, 6) is -28.1. The second-order valence-corrected chi connectivity index (χ2v) is 8.97. The van der Waals surface area contributed by atoms with Gasteiger partial charge in [0.2, 0.25) is 0 Å². The van der Waals surface area contributed by atoms with Gasteiger partial charge in [0.05, 0.1) is 33.4 Å². The first-order valence-corrected chi connectivity index (χ1v) is 11.9. The molecule has 1 aliphatic rings. The Morgan fingerprint density at radius 2 is 0.562 bits per heavy atom. The van der Waals surface area contributed by atoms with E-state index in [4.69, 9.17) is 16.9 Å². The lowest BCUT2D eigenvalue weighted by atomic mass is 9.99. The second-order valence-electron chi connectivity index (χ2n) is 8.97. The van der Waals surface area contributed by atoms with Gasteiger partial charge in [-0.15, -0.1) is 6.42 Å². The molecule has 0 N–H and O–H groups in total. The molecule has 1 aliphatic carbocycles. The number of hydrogen-bond donors (Lipinski definition) is 0. The zero-order valence-corrected chi connectivity index (χ0v) is 22.3. The molecule has 0 spiro atoms. The van der Waals surface area contributed by atoms with Gasteiger partial charge in [-0.05, 0) is 0 Å². The summed E-state index contributed by atoms with van der Waals surface area (Å²) in [5, 5.41) is 47.1. The van der Waals surface area contributed by atoms with Crippen molar-refractivity contribution in [3.05, 3.63) is 120 Å². The highest BCUT2D eigenvalue weighted by atomic mass is 19.2. The molecular weight excluding hydrogens is 670 g/mol. The molecular formula is C31HF12N5. The molecule has 5 nitrogen and oxygen atoms in total. The summed E-state index contributed by atoms with van der Waals surface area (Å²) in [4.78, 5) is 0. The fourth-order valence-electron chi connectivity index (χ4n) is 4.52. The summed E-state index contributed by atoms with van der Waals surface area (Å²) in [6.07, 6.45) is 4.82. The van der Waals surface area contributed by atoms with E-state index >= 15 is 26.3 Å². The number of terminal acetylenes is 1. The van der Waals surface area contributed by atoms with E-state index in [0.717, 1.165) is 30.3 Å². The molecule has 48 heavy (non-hydrogen) atoms. The van der Waals surface area contributed by atoms with Crippen LogP contribution in [0.3, 0.4) is 0 Å². The van der Waals surface area contributed by atoms with Gasteiger partial charge in [0.15, 0.2) is 69.8 Å². The van der Waals surface area contributed by atoms with Crippen LogP contribution in [0, 0.1) is 139 Å². The third-order valence-electron chi connectivity index (χ3n) is 6.68. The molecule has 0 aromatic heterocycles. The first kappa shape index (κ1) is 33.9. The van der Waals surface area contributed by atoms with E-state index in [9.17, 15) is 42.1 Å². The lowest BCUT2D eigenvalue weighted by Gasteiger charge is -2.08. The number of halogens is 12. The van der Waals surface area contributed by atoms with Gasteiger partial charge in [0.25, 0.3) is 0 Å². The van der Waals surface area contributed by atoms with Crippen LogP contribution in [0.2, 0.25) is 0 Å². The zero-order chi connectivity index (χ0) is 36.1. The van der Waals surface area contributed by atoms with Crippen LogP contribution in [-0.4, -0.2) is 0 Å². The molecule has 3 aromatic carbocycles. The topological polar surface area (TPSA) is 119 Å². The van der Waals surface area contributed by atoms with Crippen LogP contribution in [0.4, 0.5) is 52.7 Å². The normalized spacial score (nSPS) is 14.9. The highest BCUT2D eigenvalue weighted by Crippen LogP contribution is 2.57. The van der Waals surface area contributed by atoms with Crippen LogP contribution >= 0.6 is 0 Å². The Morgan fingerprint density at radius 1 is 0.354 bits per heavy atom. The number of nitrogens with zero attached hydrogens (tertiary/aromatic N) is 5. The average molecular weight is 671 g/mol. The van der Waals surface area contributed by atoms with Crippen molar-refractivity contribution in [1.29, 1.82) is 26.3 Å². The molecule has 3 aromatic rings. The average Bonchev–Trinajstić information content (AvgIpc) is 3.78. The Morgan fingerprint density at radius 3 is 0.729 bits per heavy atom. The van der Waals surface area contributed by atoms with E-state index < -0.39 is 137 Å². The van der Waals surface area contributed by atoms with Crippen LogP contribution in [0.5, 0.6) is 0 Å². The molecule has 0 amide bonds. The second kappa shape index (κ2) is 12.1. The molecule has 1 saturated carbocycles. The monoisotopic (exact) mass is 671 g/mol. The van der Waals surface area contributed by atoms with Gasteiger partial charge in [-0.2, -0.15) is 26.3 Å². The molecule has 17 heteroatoms. The molecule has 0 bridgehead atoms. The Bertz CT molecular complexity index is 2060. The van der Waals surface area contributed by atoms with Crippen LogP contribution in [0.15, 0.2) is 16.7 Å². The number of rotatable bonds is 3. The van der Waals surface area contributed by atoms with E-state index in [-0.39, 0.29) is 0 Å². The van der Waals surface area contributed by atoms with Crippen molar-refractivity contribution in [2.75, 3.05) is 0 Å². The Kier molecular flexibility index (Phi) is 8.55. The Balaban J connectivity index is 2.38. The van der Waals surface area contributed by atoms with Gasteiger partial charge in [0.1, 0.15) is 47.0 Å². The van der Waals surface area contributed by atoms with Gasteiger partial charge in [0, 0.05) is 16.7 Å². The fourth-order valence-corrected chi connectivity index (χ4v) is 4.52. The predicted molar refractivity (Wildman–Crippen MR) is 134 cm³/mol. The summed E-state index contributed by atoms with van der Waals surface area (Å²) in [7, 11) is 0. The lowest BCUT2D eigenvalue weighted by Crippen LogP contribution is -2.06. The molecule has 0 saturated heterocycles. The number of nitriles is 5. The number of allylic oxidation sites excluding steroid dienone is 6. The smallest absolute Gasteiger partial charge is 0.180 e. The highest BCUT2D eigenvalue weighted by Gasteiger charge is 2.46. The van der Waals surface area contributed by atoms with Crippen LogP contribution in [0.25, 0.3) is 16.7 Å². The minimum absolute atomic E-state index is 0.775. The van der Waals surface area contributed by atoms with Crippen molar-refractivity contribution in [2.24, 2.45) is 0 Å². The maximum absolute atomic E-state index is 15.1. The van der Waals surface area contributed by atoms with Gasteiger partial charge in [-0.25, -0.2) is 52.7 Å². The maximum Gasteiger partial charge on any atom is 0.180 e. The molecule has 0 aliphatic heterocycles. The predicted octanol–water partition coefficient (Wildman–Crippen LogP) is 7.33. The van der Waals surface area contributed by atoms with E-state index in [1.54, 1.807) is 0 Å². The quantitative estimate of drug-likeness (QED) is 0.125. The molecule has 0 radical (unpaired) electrons. The highest BCUT2D eigenvalue weighted by molar-refractivity contribution is 6.12. The molecule has 4 rings (SSSR count). The van der Waals surface area contributed by atoms with Crippen molar-refractivity contribution in [2.45, 2.75) is 0 Å². The standard InChI is InChI=1S/C31HF12N5/c1-2-8-20(32)26(38)17(27(39)21(8)33)9(3-44)14-15(10(4-45)18-28(40)22(34)12(6-47)23(35)29(18)41)16(14)11(5-46)19-30(42)24(36)13(7-48)25(37)31(19)43/h1H/b14-9-,15-10?,16-11-.